The number of nitrogens with zero attached hydrogens (tertiary/aromatic N) is 5. The highest BCUT2D eigenvalue weighted by molar-refractivity contribution is 7.96. The van der Waals surface area contributed by atoms with E-state index in [2.05, 4.69) is 85.5 Å². The van der Waals surface area contributed by atoms with Gasteiger partial charge in [0.15, 0.2) is 5.82 Å². The van der Waals surface area contributed by atoms with Crippen molar-refractivity contribution in [3.63, 3.8) is 0 Å². The number of carbonyl (C=O) groups is 1. The summed E-state index contributed by atoms with van der Waals surface area (Å²) in [5.41, 5.74) is 3.40. The molecule has 7 heteroatoms. The molecule has 0 N–H and O–H groups in total. The molecule has 1 aromatic heterocycles. The summed E-state index contributed by atoms with van der Waals surface area (Å²) >= 11 is 1.83. The molecular weight excluding hydrogens is 418 g/mol. The largest absolute Gasteiger partial charge is 0.371 e. The van der Waals surface area contributed by atoms with Gasteiger partial charge in [-0.3, -0.25) is 9.69 Å². The first-order chi connectivity index (χ1) is 15.2. The van der Waals surface area contributed by atoms with Crippen molar-refractivity contribution < 1.29 is 4.79 Å². The number of allylic oxidation sites excluding steroid dienone is 2. The first-order valence-corrected chi connectivity index (χ1v) is 12.6. The van der Waals surface area contributed by atoms with Gasteiger partial charge in [-0.05, 0) is 36.3 Å². The summed E-state index contributed by atoms with van der Waals surface area (Å²) in [6, 6.07) is 4.17. The van der Waals surface area contributed by atoms with E-state index in [1.165, 1.54) is 5.57 Å². The van der Waals surface area contributed by atoms with Gasteiger partial charge in [-0.2, -0.15) is 0 Å². The fourth-order valence-electron chi connectivity index (χ4n) is 3.96. The van der Waals surface area contributed by atoms with Crippen molar-refractivity contribution in [2.45, 2.75) is 34.1 Å². The summed E-state index contributed by atoms with van der Waals surface area (Å²) in [6.45, 7) is 14.9. The number of rotatable bonds is 10. The number of hydrogen-bond donors (Lipinski definition) is 0. The lowest BCUT2D eigenvalue weighted by atomic mass is 9.96. The molecule has 1 amide bonds. The number of piperazine rings is 1. The number of carbonyl (C=O) groups excluding carboxylic acids is 1. The number of pyridine rings is 1. The van der Waals surface area contributed by atoms with Crippen molar-refractivity contribution in [2.24, 2.45) is 5.41 Å². The Balaban J connectivity index is 2.17. The molecule has 1 saturated heterocycles. The molecule has 0 atom stereocenters. The fraction of sp³-hybridized carbons (Fsp3) is 0.600. The molecule has 0 radical (unpaired) electrons. The molecule has 0 saturated carbocycles. The quantitative estimate of drug-likeness (QED) is 0.298. The summed E-state index contributed by atoms with van der Waals surface area (Å²) in [6.07, 6.45) is 10.3. The molecule has 1 aliphatic rings. The first-order valence-electron chi connectivity index (χ1n) is 11.4. The van der Waals surface area contributed by atoms with Gasteiger partial charge < -0.3 is 9.80 Å². The lowest BCUT2D eigenvalue weighted by molar-refractivity contribution is -0.107. The van der Waals surface area contributed by atoms with Crippen LogP contribution in [0, 0.1) is 5.41 Å². The second-order valence-electron chi connectivity index (χ2n) is 9.65. The molecule has 1 fully saturated rings. The number of hydrogen-bond acceptors (Lipinski definition) is 6. The smallest absolute Gasteiger partial charge is 0.215 e. The Morgan fingerprint density at radius 1 is 1.19 bits per heavy atom. The molecule has 2 heterocycles. The molecule has 32 heavy (non-hydrogen) atoms. The Morgan fingerprint density at radius 2 is 1.88 bits per heavy atom. The molecule has 0 unspecified atom stereocenters. The van der Waals surface area contributed by atoms with E-state index in [9.17, 15) is 4.79 Å². The van der Waals surface area contributed by atoms with Crippen molar-refractivity contribution in [2.75, 3.05) is 69.4 Å². The van der Waals surface area contributed by atoms with Gasteiger partial charge >= 0.3 is 0 Å². The molecule has 6 nitrogen and oxygen atoms in total. The van der Waals surface area contributed by atoms with Crippen LogP contribution in [0.1, 0.15) is 33.4 Å². The predicted molar refractivity (Wildman–Crippen MR) is 140 cm³/mol. The summed E-state index contributed by atoms with van der Waals surface area (Å²) in [4.78, 5) is 22.7. The second kappa shape index (κ2) is 12.4. The molecule has 1 aromatic rings. The van der Waals surface area contributed by atoms with Crippen molar-refractivity contribution in [1.82, 2.24) is 14.2 Å². The Labute approximate surface area is 199 Å². The van der Waals surface area contributed by atoms with Crippen LogP contribution in [0.3, 0.4) is 0 Å². The Hall–Kier alpha value is -1.83. The van der Waals surface area contributed by atoms with Crippen LogP contribution in [0.5, 0.6) is 0 Å². The zero-order chi connectivity index (χ0) is 23.7. The van der Waals surface area contributed by atoms with E-state index in [4.69, 9.17) is 4.98 Å². The van der Waals surface area contributed by atoms with Crippen LogP contribution in [0.2, 0.25) is 0 Å². The van der Waals surface area contributed by atoms with Gasteiger partial charge in [0.05, 0.1) is 5.69 Å². The molecule has 178 valence electrons. The average molecular weight is 460 g/mol. The van der Waals surface area contributed by atoms with Crippen LogP contribution >= 0.6 is 11.9 Å². The van der Waals surface area contributed by atoms with Crippen molar-refractivity contribution >= 4 is 29.9 Å². The standard InChI is InChI=1S/C25H41N5OS/c1-8-9-21(18-29-14-16-30(32-7)17-15-29)10-11-22-12-13-23(24(26-22)28(6)20-31)27(5)19-25(2,3)4/h8-10,12-13,20H,11,14-19H2,1-7H3/b9-8-,21-10+. The predicted octanol–water partition coefficient (Wildman–Crippen LogP) is 4.10. The van der Waals surface area contributed by atoms with Crippen LogP contribution in [0.25, 0.3) is 0 Å². The van der Waals surface area contributed by atoms with Gasteiger partial charge in [0.1, 0.15) is 0 Å². The summed E-state index contributed by atoms with van der Waals surface area (Å²) in [7, 11) is 3.83. The summed E-state index contributed by atoms with van der Waals surface area (Å²) in [5, 5.41) is 0. The highest BCUT2D eigenvalue weighted by atomic mass is 32.2. The van der Waals surface area contributed by atoms with Crippen molar-refractivity contribution in [1.29, 1.82) is 0 Å². The zero-order valence-corrected chi connectivity index (χ0v) is 21.8. The molecular formula is C25H41N5OS. The molecule has 2 rings (SSSR count). The molecule has 0 spiro atoms. The minimum atomic E-state index is 0.149. The molecule has 0 bridgehead atoms. The van der Waals surface area contributed by atoms with Crippen LogP contribution in [0.4, 0.5) is 11.5 Å². The van der Waals surface area contributed by atoms with E-state index < -0.39 is 0 Å². The SMILES string of the molecule is C/C=C\C(=C/Cc1ccc(N(C)CC(C)(C)C)c(N(C)C=O)n1)CN1CCN(SC)CC1. The normalized spacial score (nSPS) is 16.5. The lowest BCUT2D eigenvalue weighted by Crippen LogP contribution is -2.43. The van der Waals surface area contributed by atoms with E-state index in [1.54, 1.807) is 11.9 Å². The lowest BCUT2D eigenvalue weighted by Gasteiger charge is -2.33. The third kappa shape index (κ3) is 8.26. The Bertz CT molecular complexity index is 794. The van der Waals surface area contributed by atoms with E-state index in [0.29, 0.717) is 5.82 Å². The monoisotopic (exact) mass is 459 g/mol. The molecule has 0 aromatic carbocycles. The topological polar surface area (TPSA) is 42.9 Å². The van der Waals surface area contributed by atoms with Crippen LogP contribution in [-0.4, -0.2) is 80.2 Å². The maximum Gasteiger partial charge on any atom is 0.215 e. The van der Waals surface area contributed by atoms with E-state index in [0.717, 1.165) is 63.5 Å². The van der Waals surface area contributed by atoms with E-state index >= 15 is 0 Å². The van der Waals surface area contributed by atoms with Gasteiger partial charge in [0.2, 0.25) is 6.41 Å². The molecule has 1 aliphatic heterocycles. The van der Waals surface area contributed by atoms with Crippen LogP contribution in [0.15, 0.2) is 35.9 Å². The average Bonchev–Trinajstić information content (AvgIpc) is 2.76. The highest BCUT2D eigenvalue weighted by Crippen LogP contribution is 2.28. The second-order valence-corrected chi connectivity index (χ2v) is 10.5. The van der Waals surface area contributed by atoms with Gasteiger partial charge in [-0.15, -0.1) is 0 Å². The third-order valence-corrected chi connectivity index (χ3v) is 6.36. The van der Waals surface area contributed by atoms with Crippen molar-refractivity contribution in [3.05, 3.63) is 41.6 Å². The minimum absolute atomic E-state index is 0.149. The first kappa shape index (κ1) is 26.4. The number of aromatic nitrogens is 1. The molecule has 0 aliphatic carbocycles. The van der Waals surface area contributed by atoms with E-state index in [1.807, 2.05) is 11.9 Å². The van der Waals surface area contributed by atoms with E-state index in [-0.39, 0.29) is 5.41 Å². The maximum absolute atomic E-state index is 11.5. The highest BCUT2D eigenvalue weighted by Gasteiger charge is 2.19. The van der Waals surface area contributed by atoms with Gasteiger partial charge in [0, 0.05) is 65.5 Å². The minimum Gasteiger partial charge on any atom is -0.371 e. The zero-order valence-electron chi connectivity index (χ0n) is 21.0. The summed E-state index contributed by atoms with van der Waals surface area (Å²) in [5.74, 6) is 0.707. The Kier molecular flexibility index (Phi) is 10.3. The fourth-order valence-corrected chi connectivity index (χ4v) is 4.49. The van der Waals surface area contributed by atoms with Crippen LogP contribution < -0.4 is 9.80 Å². The third-order valence-electron chi connectivity index (χ3n) is 5.48. The van der Waals surface area contributed by atoms with Gasteiger partial charge in [-0.25, -0.2) is 9.29 Å². The number of amides is 1. The van der Waals surface area contributed by atoms with Crippen LogP contribution in [-0.2, 0) is 11.2 Å². The summed E-state index contributed by atoms with van der Waals surface area (Å²) < 4.78 is 2.42. The number of anilines is 2. The van der Waals surface area contributed by atoms with Crippen molar-refractivity contribution in [3.8, 4) is 0 Å². The Morgan fingerprint density at radius 3 is 2.44 bits per heavy atom. The maximum atomic E-state index is 11.5. The van der Waals surface area contributed by atoms with Gasteiger partial charge in [-0.1, -0.05) is 50.9 Å². The van der Waals surface area contributed by atoms with Gasteiger partial charge in [0.25, 0.3) is 0 Å².